The molecule has 0 aromatic heterocycles. The van der Waals surface area contributed by atoms with E-state index in [0.717, 1.165) is 10.7 Å². The maximum Gasteiger partial charge on any atom is 0.168 e. The van der Waals surface area contributed by atoms with Crippen LogP contribution in [0.3, 0.4) is 0 Å². The molecule has 2 aliphatic heterocycles. The Morgan fingerprint density at radius 2 is 2.29 bits per heavy atom. The van der Waals surface area contributed by atoms with Crippen molar-refractivity contribution < 1.29 is 0 Å². The average molecular weight is 208 g/mol. The number of nitrogens with one attached hydrogen (secondary N) is 2. The molecule has 0 saturated carbocycles. The highest BCUT2D eigenvalue weighted by Crippen LogP contribution is 2.21. The Morgan fingerprint density at radius 3 is 3.00 bits per heavy atom. The van der Waals surface area contributed by atoms with Gasteiger partial charge >= 0.3 is 0 Å². The summed E-state index contributed by atoms with van der Waals surface area (Å²) >= 11 is 1.48. The molecule has 0 amide bonds. The molecule has 14 heavy (non-hydrogen) atoms. The van der Waals surface area contributed by atoms with E-state index in [2.05, 4.69) is 34.1 Å². The standard InChI is InChI=1S/C9H12N4S/c1-9(2)3-4-10-8(11-6-9)7-5-12-13-14-7/h3-6,12-13H,1-2H3. The van der Waals surface area contributed by atoms with Gasteiger partial charge in [-0.2, -0.15) is 4.83 Å². The molecule has 0 radical (unpaired) electrons. The Bertz CT molecular complexity index is 352. The monoisotopic (exact) mass is 208 g/mol. The molecular weight excluding hydrogens is 196 g/mol. The van der Waals surface area contributed by atoms with Crippen molar-refractivity contribution in [3.8, 4) is 0 Å². The number of rotatable bonds is 1. The fourth-order valence-corrected chi connectivity index (χ4v) is 1.59. The van der Waals surface area contributed by atoms with Crippen LogP contribution in [0.2, 0.25) is 0 Å². The first-order valence-corrected chi connectivity index (χ1v) is 5.18. The van der Waals surface area contributed by atoms with Crippen LogP contribution in [0.25, 0.3) is 0 Å². The van der Waals surface area contributed by atoms with E-state index in [1.807, 2.05) is 24.7 Å². The lowest BCUT2D eigenvalue weighted by molar-refractivity contribution is 0.695. The zero-order valence-electron chi connectivity index (χ0n) is 8.11. The predicted octanol–water partition coefficient (Wildman–Crippen LogP) is 1.61. The lowest BCUT2D eigenvalue weighted by Gasteiger charge is -2.10. The summed E-state index contributed by atoms with van der Waals surface area (Å²) < 4.78 is 0. The Kier molecular flexibility index (Phi) is 2.43. The number of hydrogen-bond acceptors (Lipinski definition) is 5. The number of nitrogens with zero attached hydrogens (tertiary/aromatic N) is 2. The van der Waals surface area contributed by atoms with E-state index in [4.69, 9.17) is 0 Å². The van der Waals surface area contributed by atoms with Crippen molar-refractivity contribution in [3.05, 3.63) is 23.4 Å². The Morgan fingerprint density at radius 1 is 1.43 bits per heavy atom. The Labute approximate surface area is 87.4 Å². The van der Waals surface area contributed by atoms with E-state index in [1.165, 1.54) is 11.9 Å². The van der Waals surface area contributed by atoms with E-state index in [0.29, 0.717) is 0 Å². The molecule has 0 atom stereocenters. The molecule has 5 heteroatoms. The lowest BCUT2D eigenvalue weighted by atomic mass is 9.96. The van der Waals surface area contributed by atoms with Crippen LogP contribution in [0.5, 0.6) is 0 Å². The molecule has 0 aromatic carbocycles. The van der Waals surface area contributed by atoms with Gasteiger partial charge in [-0.3, -0.25) is 0 Å². The highest BCUT2D eigenvalue weighted by atomic mass is 32.2. The third-order valence-electron chi connectivity index (χ3n) is 1.86. The fraction of sp³-hybridized carbons (Fsp3) is 0.333. The summed E-state index contributed by atoms with van der Waals surface area (Å²) in [6, 6.07) is 0. The quantitative estimate of drug-likeness (QED) is 0.644. The van der Waals surface area contributed by atoms with Crippen molar-refractivity contribution in [2.45, 2.75) is 13.8 Å². The fourth-order valence-electron chi connectivity index (χ4n) is 1.05. The highest BCUT2D eigenvalue weighted by molar-refractivity contribution is 8.02. The molecule has 0 saturated heterocycles. The van der Waals surface area contributed by atoms with E-state index < -0.39 is 0 Å². The van der Waals surface area contributed by atoms with Crippen LogP contribution in [0.4, 0.5) is 0 Å². The molecule has 0 aliphatic carbocycles. The number of hydrazine groups is 1. The molecule has 2 aliphatic rings. The van der Waals surface area contributed by atoms with E-state index >= 15 is 0 Å². The van der Waals surface area contributed by atoms with Crippen molar-refractivity contribution in [1.29, 1.82) is 0 Å². The summed E-state index contributed by atoms with van der Waals surface area (Å²) in [5, 5.41) is 0. The van der Waals surface area contributed by atoms with Crippen LogP contribution in [-0.4, -0.2) is 12.1 Å². The van der Waals surface area contributed by atoms with Gasteiger partial charge in [0.2, 0.25) is 0 Å². The van der Waals surface area contributed by atoms with Gasteiger partial charge in [0.15, 0.2) is 5.84 Å². The van der Waals surface area contributed by atoms with Crippen LogP contribution in [-0.2, 0) is 0 Å². The van der Waals surface area contributed by atoms with E-state index in [1.54, 1.807) is 0 Å². The van der Waals surface area contributed by atoms with Gasteiger partial charge in [-0.25, -0.2) is 9.98 Å². The van der Waals surface area contributed by atoms with Gasteiger partial charge in [-0.05, 0) is 11.9 Å². The molecular formula is C9H12N4S. The molecule has 2 N–H and O–H groups in total. The van der Waals surface area contributed by atoms with E-state index in [9.17, 15) is 0 Å². The summed E-state index contributed by atoms with van der Waals surface area (Å²) in [6.45, 7) is 4.19. The third-order valence-corrected chi connectivity index (χ3v) is 2.60. The second-order valence-electron chi connectivity index (χ2n) is 3.71. The minimum Gasteiger partial charge on any atom is -0.318 e. The maximum absolute atomic E-state index is 4.35. The second kappa shape index (κ2) is 3.59. The predicted molar refractivity (Wildman–Crippen MR) is 60.8 cm³/mol. The first-order chi connectivity index (χ1) is 6.67. The van der Waals surface area contributed by atoms with Gasteiger partial charge in [0.1, 0.15) is 0 Å². The number of hydrogen-bond donors (Lipinski definition) is 2. The summed E-state index contributed by atoms with van der Waals surface area (Å²) in [4.78, 5) is 12.5. The lowest BCUT2D eigenvalue weighted by Crippen LogP contribution is -2.11. The van der Waals surface area contributed by atoms with Gasteiger partial charge in [-0.15, -0.1) is 0 Å². The van der Waals surface area contributed by atoms with Gasteiger partial charge in [-0.1, -0.05) is 19.9 Å². The normalized spacial score (nSPS) is 23.9. The Hall–Kier alpha value is -1.07. The van der Waals surface area contributed by atoms with Crippen molar-refractivity contribution in [2.75, 3.05) is 0 Å². The molecule has 2 rings (SSSR count). The van der Waals surface area contributed by atoms with Gasteiger partial charge in [0, 0.05) is 24.0 Å². The zero-order chi connectivity index (χ0) is 10.0. The summed E-state index contributed by atoms with van der Waals surface area (Å²) in [6.07, 6.45) is 7.61. The van der Waals surface area contributed by atoms with Crippen molar-refractivity contribution in [3.63, 3.8) is 0 Å². The molecule has 4 nitrogen and oxygen atoms in total. The smallest absolute Gasteiger partial charge is 0.168 e. The van der Waals surface area contributed by atoms with Crippen LogP contribution >= 0.6 is 11.9 Å². The van der Waals surface area contributed by atoms with Crippen LogP contribution in [0.1, 0.15) is 13.8 Å². The number of amidine groups is 1. The maximum atomic E-state index is 4.35. The molecule has 0 aromatic rings. The molecule has 0 fully saturated rings. The topological polar surface area (TPSA) is 48.8 Å². The summed E-state index contributed by atoms with van der Waals surface area (Å²) in [7, 11) is 0. The minimum atomic E-state index is -0.0179. The molecule has 74 valence electrons. The van der Waals surface area contributed by atoms with Gasteiger partial charge in [0.05, 0.1) is 4.91 Å². The number of aliphatic imine (C=N–C) groups is 2. The van der Waals surface area contributed by atoms with Crippen molar-refractivity contribution >= 4 is 24.0 Å². The zero-order valence-corrected chi connectivity index (χ0v) is 8.93. The van der Waals surface area contributed by atoms with Crippen LogP contribution < -0.4 is 10.3 Å². The van der Waals surface area contributed by atoms with Crippen molar-refractivity contribution in [2.24, 2.45) is 15.4 Å². The van der Waals surface area contributed by atoms with Gasteiger partial charge in [0.25, 0.3) is 0 Å². The van der Waals surface area contributed by atoms with Crippen LogP contribution in [0.15, 0.2) is 33.4 Å². The van der Waals surface area contributed by atoms with Crippen molar-refractivity contribution in [1.82, 2.24) is 10.3 Å². The highest BCUT2D eigenvalue weighted by Gasteiger charge is 2.16. The first-order valence-electron chi connectivity index (χ1n) is 4.36. The Balaban J connectivity index is 2.23. The average Bonchev–Trinajstić information content (AvgIpc) is 2.58. The SMILES string of the molecule is CC1(C)C=CN=C(C2=CNNS2)N=C1. The first kappa shape index (κ1) is 9.48. The number of allylic oxidation sites excluding steroid dienone is 1. The summed E-state index contributed by atoms with van der Waals surface area (Å²) in [5.74, 6) is 0.745. The van der Waals surface area contributed by atoms with E-state index in [-0.39, 0.29) is 5.41 Å². The largest absolute Gasteiger partial charge is 0.318 e. The molecule has 0 bridgehead atoms. The van der Waals surface area contributed by atoms with Crippen LogP contribution in [0, 0.1) is 5.41 Å². The second-order valence-corrected chi connectivity index (χ2v) is 4.55. The third kappa shape index (κ3) is 2.05. The minimum absolute atomic E-state index is 0.0179. The summed E-state index contributed by atoms with van der Waals surface area (Å²) in [5.41, 5.74) is 2.86. The molecule has 0 unspecified atom stereocenters. The molecule has 2 heterocycles. The van der Waals surface area contributed by atoms with Gasteiger partial charge < -0.3 is 5.43 Å². The molecule has 0 spiro atoms.